The lowest BCUT2D eigenvalue weighted by molar-refractivity contribution is 0.102. The predicted molar refractivity (Wildman–Crippen MR) is 84.1 cm³/mol. The molecular formula is C15H15BrN2O2. The van der Waals surface area contributed by atoms with Crippen molar-refractivity contribution >= 4 is 33.2 Å². The fourth-order valence-corrected chi connectivity index (χ4v) is 2.27. The number of aryl methyl sites for hydroxylation is 2. The number of phenols is 1. The molecule has 0 bridgehead atoms. The third kappa shape index (κ3) is 2.93. The largest absolute Gasteiger partial charge is 0.508 e. The Morgan fingerprint density at radius 2 is 1.90 bits per heavy atom. The molecule has 104 valence electrons. The first kappa shape index (κ1) is 14.4. The van der Waals surface area contributed by atoms with Crippen molar-refractivity contribution in [1.82, 2.24) is 0 Å². The van der Waals surface area contributed by atoms with Crippen LogP contribution >= 0.6 is 15.9 Å². The van der Waals surface area contributed by atoms with E-state index < -0.39 is 0 Å². The summed E-state index contributed by atoms with van der Waals surface area (Å²) < 4.78 is 0.678. The Balaban J connectivity index is 2.32. The van der Waals surface area contributed by atoms with Crippen LogP contribution in [0.3, 0.4) is 0 Å². The normalized spacial score (nSPS) is 10.3. The molecule has 0 saturated heterocycles. The molecule has 0 unspecified atom stereocenters. The summed E-state index contributed by atoms with van der Waals surface area (Å²) in [7, 11) is 0. The van der Waals surface area contributed by atoms with E-state index in [2.05, 4.69) is 21.2 Å². The molecule has 20 heavy (non-hydrogen) atoms. The molecule has 5 heteroatoms. The number of hydrogen-bond acceptors (Lipinski definition) is 3. The average Bonchev–Trinajstić information content (AvgIpc) is 2.38. The number of carbonyl (C=O) groups is 1. The highest BCUT2D eigenvalue weighted by Gasteiger charge is 2.12. The Morgan fingerprint density at radius 1 is 1.20 bits per heavy atom. The minimum Gasteiger partial charge on any atom is -0.508 e. The summed E-state index contributed by atoms with van der Waals surface area (Å²) in [5.74, 6) is -0.0389. The van der Waals surface area contributed by atoms with Gasteiger partial charge in [-0.1, -0.05) is 0 Å². The number of carbonyl (C=O) groups excluding carboxylic acids is 1. The van der Waals surface area contributed by atoms with Gasteiger partial charge in [-0.15, -0.1) is 0 Å². The third-order valence-corrected chi connectivity index (χ3v) is 3.72. The van der Waals surface area contributed by atoms with Crippen LogP contribution in [0.1, 0.15) is 21.5 Å². The molecule has 0 saturated carbocycles. The van der Waals surface area contributed by atoms with Crippen molar-refractivity contribution in [2.24, 2.45) is 0 Å². The molecule has 2 aromatic rings. The van der Waals surface area contributed by atoms with Crippen molar-refractivity contribution in [1.29, 1.82) is 0 Å². The number of halogens is 1. The van der Waals surface area contributed by atoms with Crippen molar-refractivity contribution in [2.45, 2.75) is 13.8 Å². The molecule has 0 aliphatic heterocycles. The predicted octanol–water partition coefficient (Wildman–Crippen LogP) is 3.61. The molecule has 2 aromatic carbocycles. The van der Waals surface area contributed by atoms with E-state index in [1.54, 1.807) is 37.3 Å². The van der Waals surface area contributed by atoms with Crippen molar-refractivity contribution in [3.05, 3.63) is 51.5 Å². The van der Waals surface area contributed by atoms with Crippen molar-refractivity contribution in [3.8, 4) is 5.75 Å². The van der Waals surface area contributed by atoms with Crippen LogP contribution in [0, 0.1) is 13.8 Å². The summed E-state index contributed by atoms with van der Waals surface area (Å²) in [6.45, 7) is 3.60. The number of benzene rings is 2. The molecule has 0 radical (unpaired) electrons. The van der Waals surface area contributed by atoms with E-state index in [1.807, 2.05) is 6.92 Å². The van der Waals surface area contributed by atoms with E-state index in [0.29, 0.717) is 27.0 Å². The number of nitrogens with one attached hydrogen (secondary N) is 1. The topological polar surface area (TPSA) is 75.4 Å². The molecule has 0 aromatic heterocycles. The van der Waals surface area contributed by atoms with Crippen LogP contribution in [0.15, 0.2) is 34.8 Å². The molecule has 0 heterocycles. The lowest BCUT2D eigenvalue weighted by Gasteiger charge is -2.12. The van der Waals surface area contributed by atoms with Crippen molar-refractivity contribution in [2.75, 3.05) is 11.1 Å². The number of amides is 1. The summed E-state index contributed by atoms with van der Waals surface area (Å²) in [5, 5.41) is 12.4. The Morgan fingerprint density at radius 3 is 2.60 bits per heavy atom. The van der Waals surface area contributed by atoms with Crippen molar-refractivity contribution in [3.63, 3.8) is 0 Å². The molecule has 4 N–H and O–H groups in total. The van der Waals surface area contributed by atoms with Gasteiger partial charge >= 0.3 is 0 Å². The molecular weight excluding hydrogens is 320 g/mol. The summed E-state index contributed by atoms with van der Waals surface area (Å²) >= 11 is 3.33. The van der Waals surface area contributed by atoms with Gasteiger partial charge in [-0.3, -0.25) is 4.79 Å². The van der Waals surface area contributed by atoms with E-state index in [1.165, 1.54) is 0 Å². The van der Waals surface area contributed by atoms with Crippen LogP contribution in [0.5, 0.6) is 5.75 Å². The molecule has 0 atom stereocenters. The lowest BCUT2D eigenvalue weighted by atomic mass is 10.1. The third-order valence-electron chi connectivity index (χ3n) is 3.03. The Bertz CT molecular complexity index is 684. The van der Waals surface area contributed by atoms with Gasteiger partial charge in [-0.05, 0) is 71.2 Å². The standard InChI is InChI=1S/C15H15BrN2O2/c1-8-6-14(19)9(2)5-13(8)18-15(20)11-7-10(17)3-4-12(11)16/h3-7,19H,17H2,1-2H3,(H,18,20). The first-order valence-corrected chi connectivity index (χ1v) is 6.84. The number of phenolic OH excluding ortho intramolecular Hbond substituents is 1. The van der Waals surface area contributed by atoms with E-state index in [0.717, 1.165) is 5.56 Å². The van der Waals surface area contributed by atoms with Crippen LogP contribution in [-0.2, 0) is 0 Å². The smallest absolute Gasteiger partial charge is 0.256 e. The number of nitrogens with two attached hydrogens (primary N) is 1. The van der Waals surface area contributed by atoms with E-state index in [9.17, 15) is 9.90 Å². The van der Waals surface area contributed by atoms with Crippen LogP contribution < -0.4 is 11.1 Å². The van der Waals surface area contributed by atoms with E-state index >= 15 is 0 Å². The summed E-state index contributed by atoms with van der Waals surface area (Å²) in [5.41, 5.74) is 8.86. The van der Waals surface area contributed by atoms with Gasteiger partial charge in [0.1, 0.15) is 5.75 Å². The second-order valence-electron chi connectivity index (χ2n) is 4.65. The lowest BCUT2D eigenvalue weighted by Crippen LogP contribution is -2.14. The Labute approximate surface area is 125 Å². The molecule has 4 nitrogen and oxygen atoms in total. The average molecular weight is 335 g/mol. The first-order chi connectivity index (χ1) is 9.38. The van der Waals surface area contributed by atoms with Gasteiger partial charge < -0.3 is 16.2 Å². The van der Waals surface area contributed by atoms with Crippen LogP contribution in [0.2, 0.25) is 0 Å². The molecule has 0 aliphatic carbocycles. The van der Waals surface area contributed by atoms with E-state index in [-0.39, 0.29) is 11.7 Å². The minimum absolute atomic E-state index is 0.214. The number of aromatic hydroxyl groups is 1. The molecule has 2 rings (SSSR count). The van der Waals surface area contributed by atoms with Gasteiger partial charge in [-0.2, -0.15) is 0 Å². The molecule has 1 amide bonds. The highest BCUT2D eigenvalue weighted by Crippen LogP contribution is 2.26. The van der Waals surface area contributed by atoms with Crippen LogP contribution in [-0.4, -0.2) is 11.0 Å². The second-order valence-corrected chi connectivity index (χ2v) is 5.50. The minimum atomic E-state index is -0.252. The van der Waals surface area contributed by atoms with Gasteiger partial charge in [0.05, 0.1) is 5.56 Å². The molecule has 0 spiro atoms. The SMILES string of the molecule is Cc1cc(NC(=O)c2cc(N)ccc2Br)c(C)cc1O. The molecule has 0 fully saturated rings. The zero-order chi connectivity index (χ0) is 14.9. The maximum atomic E-state index is 12.3. The number of anilines is 2. The quantitative estimate of drug-likeness (QED) is 0.580. The monoisotopic (exact) mass is 334 g/mol. The van der Waals surface area contributed by atoms with Gasteiger partial charge in [0.25, 0.3) is 5.91 Å². The summed E-state index contributed by atoms with van der Waals surface area (Å²) in [6, 6.07) is 8.43. The van der Waals surface area contributed by atoms with Gasteiger partial charge in [0.2, 0.25) is 0 Å². The van der Waals surface area contributed by atoms with Gasteiger partial charge in [0.15, 0.2) is 0 Å². The summed E-state index contributed by atoms with van der Waals surface area (Å²) in [4.78, 5) is 12.3. The Kier molecular flexibility index (Phi) is 3.99. The summed E-state index contributed by atoms with van der Waals surface area (Å²) in [6.07, 6.45) is 0. The first-order valence-electron chi connectivity index (χ1n) is 6.05. The number of rotatable bonds is 2. The van der Waals surface area contributed by atoms with Gasteiger partial charge in [0, 0.05) is 15.8 Å². The van der Waals surface area contributed by atoms with Crippen LogP contribution in [0.25, 0.3) is 0 Å². The highest BCUT2D eigenvalue weighted by atomic mass is 79.9. The van der Waals surface area contributed by atoms with Crippen molar-refractivity contribution < 1.29 is 9.90 Å². The second kappa shape index (κ2) is 5.54. The zero-order valence-electron chi connectivity index (χ0n) is 11.2. The Hall–Kier alpha value is -2.01. The zero-order valence-corrected chi connectivity index (χ0v) is 12.8. The van der Waals surface area contributed by atoms with E-state index in [4.69, 9.17) is 5.73 Å². The highest BCUT2D eigenvalue weighted by molar-refractivity contribution is 9.10. The van der Waals surface area contributed by atoms with Crippen LogP contribution in [0.4, 0.5) is 11.4 Å². The maximum absolute atomic E-state index is 12.3. The number of nitrogen functional groups attached to an aromatic ring is 1. The number of hydrogen-bond donors (Lipinski definition) is 3. The fraction of sp³-hybridized carbons (Fsp3) is 0.133. The van der Waals surface area contributed by atoms with Gasteiger partial charge in [-0.25, -0.2) is 0 Å². The maximum Gasteiger partial charge on any atom is 0.256 e. The molecule has 0 aliphatic rings. The fourth-order valence-electron chi connectivity index (χ4n) is 1.84.